The fraction of sp³-hybridized carbons (Fsp3) is 0.158. The van der Waals surface area contributed by atoms with Crippen LogP contribution in [0.1, 0.15) is 17.2 Å². The number of carbonyl (C=O) groups is 2. The molecule has 0 spiro atoms. The summed E-state index contributed by atoms with van der Waals surface area (Å²) in [4.78, 5) is 26.0. The first-order chi connectivity index (χ1) is 12.5. The van der Waals surface area contributed by atoms with Gasteiger partial charge in [0.2, 0.25) is 0 Å². The summed E-state index contributed by atoms with van der Waals surface area (Å²) in [5, 5.41) is 20.3. The molecule has 2 N–H and O–H groups in total. The van der Waals surface area contributed by atoms with Crippen LogP contribution in [0.4, 0.5) is 4.39 Å². The van der Waals surface area contributed by atoms with Crippen molar-refractivity contribution in [2.24, 2.45) is 0 Å². The van der Waals surface area contributed by atoms with E-state index < -0.39 is 35.9 Å². The number of Topliss-reactive ketones (excluding diaryl/α,β-unsaturated/α-hetero) is 1. The summed E-state index contributed by atoms with van der Waals surface area (Å²) in [6.07, 6.45) is 0. The second-order valence-electron chi connectivity index (χ2n) is 5.74. The van der Waals surface area contributed by atoms with E-state index in [2.05, 4.69) is 0 Å². The fourth-order valence-corrected chi connectivity index (χ4v) is 3.13. The Kier molecular flexibility index (Phi) is 5.06. The van der Waals surface area contributed by atoms with Crippen LogP contribution in [0, 0.1) is 5.82 Å². The van der Waals surface area contributed by atoms with Gasteiger partial charge in [-0.1, -0.05) is 29.8 Å². The number of benzene rings is 2. The first-order valence-corrected chi connectivity index (χ1v) is 8.23. The van der Waals surface area contributed by atoms with Crippen molar-refractivity contribution in [1.82, 2.24) is 4.90 Å². The Morgan fingerprint density at radius 2 is 1.77 bits per heavy atom. The van der Waals surface area contributed by atoms with Gasteiger partial charge in [-0.05, 0) is 30.3 Å². The van der Waals surface area contributed by atoms with Gasteiger partial charge in [-0.2, -0.15) is 0 Å². The van der Waals surface area contributed by atoms with Gasteiger partial charge in [0.05, 0.1) is 18.2 Å². The number of hydrogen-bond donors (Lipinski definition) is 2. The van der Waals surface area contributed by atoms with Crippen LogP contribution in [-0.2, 0) is 9.59 Å². The zero-order valence-corrected chi connectivity index (χ0v) is 14.3. The van der Waals surface area contributed by atoms with Gasteiger partial charge in [0.1, 0.15) is 11.6 Å². The molecular weight excluding hydrogens is 361 g/mol. The molecule has 0 bridgehead atoms. The second kappa shape index (κ2) is 7.27. The molecule has 1 aliphatic rings. The van der Waals surface area contributed by atoms with Crippen molar-refractivity contribution < 1.29 is 24.2 Å². The Morgan fingerprint density at radius 1 is 1.12 bits per heavy atom. The van der Waals surface area contributed by atoms with Crippen LogP contribution >= 0.6 is 11.6 Å². The van der Waals surface area contributed by atoms with Gasteiger partial charge in [0.25, 0.3) is 11.7 Å². The van der Waals surface area contributed by atoms with E-state index in [1.165, 1.54) is 42.5 Å². The van der Waals surface area contributed by atoms with Gasteiger partial charge in [-0.3, -0.25) is 9.59 Å². The quantitative estimate of drug-likeness (QED) is 0.489. The number of aliphatic hydroxyl groups is 2. The monoisotopic (exact) mass is 375 g/mol. The minimum atomic E-state index is -1.13. The van der Waals surface area contributed by atoms with Gasteiger partial charge in [-0.25, -0.2) is 4.39 Å². The van der Waals surface area contributed by atoms with Crippen LogP contribution in [0.2, 0.25) is 5.02 Å². The van der Waals surface area contributed by atoms with Crippen LogP contribution < -0.4 is 0 Å². The summed E-state index contributed by atoms with van der Waals surface area (Å²) in [7, 11) is 0. The highest BCUT2D eigenvalue weighted by molar-refractivity contribution is 6.46. The maximum atomic E-state index is 14.4. The minimum absolute atomic E-state index is 0.0654. The molecule has 1 fully saturated rings. The Bertz CT molecular complexity index is 895. The molecule has 0 radical (unpaired) electrons. The van der Waals surface area contributed by atoms with Crippen LogP contribution in [0.3, 0.4) is 0 Å². The molecule has 0 aliphatic carbocycles. The number of carbonyl (C=O) groups excluding carboxylic acids is 2. The SMILES string of the molecule is O=C1C(=O)N(CCO)[C@H](c2ccccc2F)C1=C(O)c1ccc(Cl)cc1. The van der Waals surface area contributed by atoms with Crippen molar-refractivity contribution in [3.05, 3.63) is 76.1 Å². The number of nitrogens with zero attached hydrogens (tertiary/aromatic N) is 1. The van der Waals surface area contributed by atoms with E-state index in [9.17, 15) is 24.2 Å². The van der Waals surface area contributed by atoms with E-state index in [0.717, 1.165) is 4.90 Å². The first kappa shape index (κ1) is 18.1. The van der Waals surface area contributed by atoms with Crippen LogP contribution in [-0.4, -0.2) is 40.0 Å². The van der Waals surface area contributed by atoms with Gasteiger partial charge >= 0.3 is 0 Å². The molecule has 5 nitrogen and oxygen atoms in total. The van der Waals surface area contributed by atoms with Crippen LogP contribution in [0.25, 0.3) is 5.76 Å². The fourth-order valence-electron chi connectivity index (χ4n) is 3.00. The van der Waals surface area contributed by atoms with Crippen LogP contribution in [0.5, 0.6) is 0 Å². The number of ketones is 1. The number of halogens is 2. The van der Waals surface area contributed by atoms with Crippen molar-refractivity contribution in [3.8, 4) is 0 Å². The third-order valence-electron chi connectivity index (χ3n) is 4.20. The molecule has 3 rings (SSSR count). The highest BCUT2D eigenvalue weighted by Gasteiger charge is 2.46. The summed E-state index contributed by atoms with van der Waals surface area (Å²) in [5.74, 6) is -2.87. The van der Waals surface area contributed by atoms with E-state index in [4.69, 9.17) is 11.6 Å². The maximum Gasteiger partial charge on any atom is 0.295 e. The second-order valence-corrected chi connectivity index (χ2v) is 6.18. The summed E-state index contributed by atoms with van der Waals surface area (Å²) in [6.45, 7) is -0.570. The van der Waals surface area contributed by atoms with Crippen molar-refractivity contribution in [3.63, 3.8) is 0 Å². The van der Waals surface area contributed by atoms with E-state index in [-0.39, 0.29) is 23.2 Å². The van der Waals surface area contributed by atoms with E-state index in [1.54, 1.807) is 6.07 Å². The lowest BCUT2D eigenvalue weighted by molar-refractivity contribution is -0.140. The number of aliphatic hydroxyl groups excluding tert-OH is 2. The molecule has 1 atom stereocenters. The first-order valence-electron chi connectivity index (χ1n) is 7.85. The van der Waals surface area contributed by atoms with Crippen molar-refractivity contribution >= 4 is 29.1 Å². The normalized spacial score (nSPS) is 19.2. The molecule has 1 heterocycles. The molecule has 2 aromatic carbocycles. The van der Waals surface area contributed by atoms with Crippen molar-refractivity contribution in [1.29, 1.82) is 0 Å². The number of rotatable bonds is 4. The summed E-state index contributed by atoms with van der Waals surface area (Å²) >= 11 is 5.83. The zero-order valence-electron chi connectivity index (χ0n) is 13.5. The lowest BCUT2D eigenvalue weighted by Gasteiger charge is -2.24. The molecule has 1 amide bonds. The van der Waals surface area contributed by atoms with Crippen molar-refractivity contribution in [2.75, 3.05) is 13.2 Å². The molecule has 1 aliphatic heterocycles. The van der Waals surface area contributed by atoms with Gasteiger partial charge in [-0.15, -0.1) is 0 Å². The standard InChI is InChI=1S/C19H15ClFNO4/c20-12-7-5-11(6-8-12)17(24)15-16(13-3-1-2-4-14(13)21)22(9-10-23)19(26)18(15)25/h1-8,16,23-24H,9-10H2/t16-/m1/s1. The molecule has 0 saturated carbocycles. The number of likely N-dealkylation sites (tertiary alicyclic amines) is 1. The molecule has 26 heavy (non-hydrogen) atoms. The predicted octanol–water partition coefficient (Wildman–Crippen LogP) is 2.89. The van der Waals surface area contributed by atoms with E-state index >= 15 is 0 Å². The predicted molar refractivity (Wildman–Crippen MR) is 93.9 cm³/mol. The topological polar surface area (TPSA) is 77.8 Å². The van der Waals surface area contributed by atoms with Gasteiger partial charge in [0, 0.05) is 22.7 Å². The van der Waals surface area contributed by atoms with Gasteiger partial charge < -0.3 is 15.1 Å². The Morgan fingerprint density at radius 3 is 2.38 bits per heavy atom. The van der Waals surface area contributed by atoms with Gasteiger partial charge in [0.15, 0.2) is 0 Å². The molecule has 1 saturated heterocycles. The average Bonchev–Trinajstić information content (AvgIpc) is 2.87. The summed E-state index contributed by atoms with van der Waals surface area (Å²) in [6, 6.07) is 10.6. The number of amides is 1. The molecule has 0 aromatic heterocycles. The molecule has 2 aromatic rings. The number of β-amino-alcohol motifs (C(OH)–C–C–N with tert-alkyl or cyclic N) is 1. The lowest BCUT2D eigenvalue weighted by atomic mass is 9.95. The largest absolute Gasteiger partial charge is 0.507 e. The Balaban J connectivity index is 2.21. The van der Waals surface area contributed by atoms with E-state index in [0.29, 0.717) is 5.02 Å². The minimum Gasteiger partial charge on any atom is -0.507 e. The highest BCUT2D eigenvalue weighted by atomic mass is 35.5. The summed E-state index contributed by atoms with van der Waals surface area (Å²) < 4.78 is 14.4. The third-order valence-corrected chi connectivity index (χ3v) is 4.45. The zero-order chi connectivity index (χ0) is 18.8. The highest BCUT2D eigenvalue weighted by Crippen LogP contribution is 2.40. The molecule has 0 unspecified atom stereocenters. The smallest absolute Gasteiger partial charge is 0.295 e. The van der Waals surface area contributed by atoms with E-state index in [1.807, 2.05) is 0 Å². The molecular formula is C19H15ClFNO4. The van der Waals surface area contributed by atoms with Crippen molar-refractivity contribution in [2.45, 2.75) is 6.04 Å². The van der Waals surface area contributed by atoms with Crippen LogP contribution in [0.15, 0.2) is 54.1 Å². The third kappa shape index (κ3) is 3.09. The lowest BCUT2D eigenvalue weighted by Crippen LogP contribution is -2.32. The Labute approximate surface area is 153 Å². The Hall–Kier alpha value is -2.70. The maximum absolute atomic E-state index is 14.4. The molecule has 134 valence electrons. The average molecular weight is 376 g/mol. The number of hydrogen-bond acceptors (Lipinski definition) is 4. The molecule has 7 heteroatoms. The summed E-state index contributed by atoms with van der Waals surface area (Å²) in [5.41, 5.74) is 0.115.